The van der Waals surface area contributed by atoms with Gasteiger partial charge >= 0.3 is 0 Å². The van der Waals surface area contributed by atoms with Crippen LogP contribution in [-0.2, 0) is 17.6 Å². The number of rotatable bonds is 10. The molecule has 0 radical (unpaired) electrons. The first-order chi connectivity index (χ1) is 20.5. The number of unbranched alkanes of at least 4 members (excludes halogenated alkanes) is 2. The molecule has 3 heterocycles. The van der Waals surface area contributed by atoms with Gasteiger partial charge in [0.2, 0.25) is 5.91 Å². The van der Waals surface area contributed by atoms with Crippen LogP contribution in [0.3, 0.4) is 0 Å². The number of carbonyl (C=O) groups excluding carboxylic acids is 2. The molecule has 4 aromatic rings. The van der Waals surface area contributed by atoms with Crippen molar-refractivity contribution in [3.63, 3.8) is 0 Å². The van der Waals surface area contributed by atoms with Crippen LogP contribution in [0.5, 0.6) is 5.75 Å². The minimum Gasteiger partial charge on any atom is -0.507 e. The third-order valence-electron chi connectivity index (χ3n) is 8.45. The Kier molecular flexibility index (Phi) is 8.08. The number of hydrogen-bond donors (Lipinski definition) is 3. The van der Waals surface area contributed by atoms with Gasteiger partial charge in [0.25, 0.3) is 5.91 Å². The van der Waals surface area contributed by atoms with E-state index in [2.05, 4.69) is 20.1 Å². The number of aryl methyl sites for hydroxylation is 1. The Labute approximate surface area is 246 Å². The largest absolute Gasteiger partial charge is 0.507 e. The highest BCUT2D eigenvalue weighted by Gasteiger charge is 2.52. The zero-order chi connectivity index (χ0) is 28.9. The monoisotopic (exact) mass is 566 g/mol. The molecule has 2 fully saturated rings. The van der Waals surface area contributed by atoms with Crippen molar-refractivity contribution < 1.29 is 14.7 Å². The molecule has 2 amide bonds. The summed E-state index contributed by atoms with van der Waals surface area (Å²) in [6, 6.07) is 18.6. The summed E-state index contributed by atoms with van der Waals surface area (Å²) in [7, 11) is 0. The van der Waals surface area contributed by atoms with Crippen molar-refractivity contribution in [1.29, 1.82) is 0 Å². The van der Waals surface area contributed by atoms with Crippen LogP contribution in [0.25, 0.3) is 11.0 Å². The summed E-state index contributed by atoms with van der Waals surface area (Å²) in [5.74, 6) is 1.71. The van der Waals surface area contributed by atoms with E-state index in [-0.39, 0.29) is 23.1 Å². The van der Waals surface area contributed by atoms with Gasteiger partial charge in [0.1, 0.15) is 23.0 Å². The fourth-order valence-electron chi connectivity index (χ4n) is 6.06. The Bertz CT molecular complexity index is 1550. The zero-order valence-corrected chi connectivity index (χ0v) is 23.9. The standard InChI is InChI=1S/C33H38N6O3/c40-27-13-7-6-12-25(27)32(42)35-18-8-2-5-14-28-36-30-26(15-19-34-30)31(37-28)38-20-9-21-39(33(23-38)16-17-33)29(41)22-24-10-3-1-4-11-24/h1,3-4,6-7,10-13,15,19,40H,2,5,8-9,14,16-18,20-23H2,(H,35,42)(H,34,36,37). The van der Waals surface area contributed by atoms with Gasteiger partial charge in [-0.1, -0.05) is 48.9 Å². The van der Waals surface area contributed by atoms with Gasteiger partial charge in [0.05, 0.1) is 22.9 Å². The highest BCUT2D eigenvalue weighted by Crippen LogP contribution is 2.45. The number of aromatic amines is 1. The van der Waals surface area contributed by atoms with Crippen LogP contribution in [-0.4, -0.2) is 68.5 Å². The van der Waals surface area contributed by atoms with E-state index in [1.165, 1.54) is 6.07 Å². The molecule has 0 unspecified atom stereocenters. The number of hydrogen-bond acceptors (Lipinski definition) is 6. The van der Waals surface area contributed by atoms with E-state index in [9.17, 15) is 14.7 Å². The molecule has 1 aliphatic heterocycles. The van der Waals surface area contributed by atoms with Gasteiger partial charge in [-0.2, -0.15) is 0 Å². The lowest BCUT2D eigenvalue weighted by Gasteiger charge is -2.33. The minimum absolute atomic E-state index is 0.00818. The Balaban J connectivity index is 1.07. The molecule has 0 atom stereocenters. The van der Waals surface area contributed by atoms with Gasteiger partial charge in [-0.15, -0.1) is 0 Å². The van der Waals surface area contributed by atoms with E-state index in [0.717, 1.165) is 92.8 Å². The van der Waals surface area contributed by atoms with Gasteiger partial charge < -0.3 is 25.2 Å². The Hall–Kier alpha value is -4.40. The lowest BCUT2D eigenvalue weighted by atomic mass is 10.1. The lowest BCUT2D eigenvalue weighted by molar-refractivity contribution is -0.133. The van der Waals surface area contributed by atoms with Gasteiger partial charge in [-0.25, -0.2) is 9.97 Å². The van der Waals surface area contributed by atoms with Gasteiger partial charge in [0.15, 0.2) is 0 Å². The number of phenolic OH excluding ortho intramolecular Hbond substituents is 1. The number of aromatic hydroxyl groups is 1. The molecule has 1 saturated carbocycles. The maximum Gasteiger partial charge on any atom is 0.255 e. The molecular formula is C33H38N6O3. The van der Waals surface area contributed by atoms with Crippen molar-refractivity contribution >= 4 is 28.7 Å². The van der Waals surface area contributed by atoms with Gasteiger partial charge in [0, 0.05) is 38.8 Å². The summed E-state index contributed by atoms with van der Waals surface area (Å²) in [4.78, 5) is 43.4. The van der Waals surface area contributed by atoms with E-state index >= 15 is 0 Å². The average molecular weight is 567 g/mol. The topological polar surface area (TPSA) is 114 Å². The van der Waals surface area contributed by atoms with E-state index in [0.29, 0.717) is 18.5 Å². The summed E-state index contributed by atoms with van der Waals surface area (Å²) >= 11 is 0. The predicted octanol–water partition coefficient (Wildman–Crippen LogP) is 4.62. The fraction of sp³-hybridized carbons (Fsp3) is 0.394. The third kappa shape index (κ3) is 6.10. The van der Waals surface area contributed by atoms with Crippen molar-refractivity contribution in [2.24, 2.45) is 0 Å². The van der Waals surface area contributed by atoms with Crippen molar-refractivity contribution in [2.75, 3.05) is 31.1 Å². The number of benzene rings is 2. The number of nitrogens with one attached hydrogen (secondary N) is 2. The fourth-order valence-corrected chi connectivity index (χ4v) is 6.06. The molecule has 9 heteroatoms. The number of carbonyl (C=O) groups is 2. The minimum atomic E-state index is -0.260. The van der Waals surface area contributed by atoms with Crippen molar-refractivity contribution in [1.82, 2.24) is 25.2 Å². The predicted molar refractivity (Wildman–Crippen MR) is 163 cm³/mol. The molecule has 218 valence electrons. The molecule has 9 nitrogen and oxygen atoms in total. The number of phenols is 1. The molecule has 1 saturated heterocycles. The van der Waals surface area contributed by atoms with Crippen LogP contribution in [0.2, 0.25) is 0 Å². The van der Waals surface area contributed by atoms with Crippen molar-refractivity contribution in [2.45, 2.75) is 56.9 Å². The smallest absolute Gasteiger partial charge is 0.255 e. The van der Waals surface area contributed by atoms with Crippen LogP contribution >= 0.6 is 0 Å². The van der Waals surface area contributed by atoms with Gasteiger partial charge in [-0.05, 0) is 55.9 Å². The summed E-state index contributed by atoms with van der Waals surface area (Å²) in [5.41, 5.74) is 2.09. The molecule has 1 spiro atoms. The highest BCUT2D eigenvalue weighted by atomic mass is 16.3. The van der Waals surface area contributed by atoms with E-state index < -0.39 is 0 Å². The molecule has 1 aliphatic carbocycles. The van der Waals surface area contributed by atoms with Crippen LogP contribution in [0, 0.1) is 0 Å². The quantitative estimate of drug-likeness (QED) is 0.241. The number of aromatic nitrogens is 3. The normalized spacial score (nSPS) is 16.0. The van der Waals surface area contributed by atoms with E-state index in [4.69, 9.17) is 9.97 Å². The van der Waals surface area contributed by atoms with Gasteiger partial charge in [-0.3, -0.25) is 9.59 Å². The molecule has 0 bridgehead atoms. The first kappa shape index (κ1) is 27.8. The first-order valence-electron chi connectivity index (χ1n) is 15.0. The van der Waals surface area contributed by atoms with Crippen LogP contribution in [0.1, 0.15) is 60.3 Å². The molecule has 6 rings (SSSR count). The maximum absolute atomic E-state index is 13.4. The second kappa shape index (κ2) is 12.2. The number of nitrogens with zero attached hydrogens (tertiary/aromatic N) is 4. The summed E-state index contributed by atoms with van der Waals surface area (Å²) < 4.78 is 0. The van der Waals surface area contributed by atoms with Crippen LogP contribution < -0.4 is 10.2 Å². The average Bonchev–Trinajstić information content (AvgIpc) is 3.67. The zero-order valence-electron chi connectivity index (χ0n) is 23.9. The Morgan fingerprint density at radius 1 is 0.952 bits per heavy atom. The second-order valence-electron chi connectivity index (χ2n) is 11.5. The maximum atomic E-state index is 13.4. The second-order valence-corrected chi connectivity index (χ2v) is 11.5. The number of H-pyrrole nitrogens is 1. The van der Waals surface area contributed by atoms with Crippen LogP contribution in [0.15, 0.2) is 66.9 Å². The number of fused-ring (bicyclic) bond motifs is 1. The SMILES string of the molecule is O=C(NCCCCCc1nc(N2CCCN(C(=O)Cc3ccccc3)C3(CC3)C2)c2cc[nH]c2n1)c1ccccc1O. The summed E-state index contributed by atoms with van der Waals surface area (Å²) in [6.45, 7) is 2.96. The molecule has 2 aliphatic rings. The summed E-state index contributed by atoms with van der Waals surface area (Å²) in [6.07, 6.45) is 8.73. The molecule has 42 heavy (non-hydrogen) atoms. The molecule has 2 aromatic carbocycles. The summed E-state index contributed by atoms with van der Waals surface area (Å²) in [5, 5.41) is 13.8. The van der Waals surface area contributed by atoms with E-state index in [1.54, 1.807) is 18.2 Å². The lowest BCUT2D eigenvalue weighted by Crippen LogP contribution is -2.47. The Morgan fingerprint density at radius 2 is 1.76 bits per heavy atom. The first-order valence-corrected chi connectivity index (χ1v) is 15.0. The Morgan fingerprint density at radius 3 is 2.57 bits per heavy atom. The number of amides is 2. The van der Waals surface area contributed by atoms with Crippen molar-refractivity contribution in [3.05, 3.63) is 83.8 Å². The number of para-hydroxylation sites is 1. The molecule has 2 aromatic heterocycles. The number of anilines is 1. The van der Waals surface area contributed by atoms with E-state index in [1.807, 2.05) is 42.6 Å². The molecular weight excluding hydrogens is 528 g/mol. The van der Waals surface area contributed by atoms with Crippen molar-refractivity contribution in [3.8, 4) is 5.75 Å². The van der Waals surface area contributed by atoms with Crippen LogP contribution in [0.4, 0.5) is 5.82 Å². The highest BCUT2D eigenvalue weighted by molar-refractivity contribution is 5.96. The third-order valence-corrected chi connectivity index (χ3v) is 8.45. The molecule has 3 N–H and O–H groups in total.